The third-order valence-corrected chi connectivity index (χ3v) is 5.71. The van der Waals surface area contributed by atoms with E-state index in [4.69, 9.17) is 17.3 Å². The molecule has 1 aromatic heterocycles. The Labute approximate surface area is 127 Å². The van der Waals surface area contributed by atoms with Gasteiger partial charge < -0.3 is 10.8 Å². The first-order valence-corrected chi connectivity index (χ1v) is 8.34. The summed E-state index contributed by atoms with van der Waals surface area (Å²) >= 11 is 5.93. The fourth-order valence-corrected chi connectivity index (χ4v) is 4.47. The summed E-state index contributed by atoms with van der Waals surface area (Å²) in [6.45, 7) is 0. The molecule has 0 saturated carbocycles. The van der Waals surface area contributed by atoms with Crippen molar-refractivity contribution in [2.24, 2.45) is 0 Å². The van der Waals surface area contributed by atoms with Gasteiger partial charge >= 0.3 is 0 Å². The first-order valence-electron chi connectivity index (χ1n) is 6.31. The summed E-state index contributed by atoms with van der Waals surface area (Å²) in [5.41, 5.74) is 4.98. The number of halogens is 1. The number of pyridine rings is 1. The monoisotopic (exact) mass is 324 g/mol. The standard InChI is InChI=1S/C14H13ClN2O3S/c15-9-7-11(13(16)17-8-9)14(18)5-6-21(19,20)12-4-2-1-3-10(12)14/h1-4,7-8,18H,5-6H2,(H2,16,17). The van der Waals surface area contributed by atoms with E-state index in [-0.39, 0.29) is 22.9 Å². The van der Waals surface area contributed by atoms with E-state index >= 15 is 0 Å². The third-order valence-electron chi connectivity index (χ3n) is 3.73. The number of nitrogens with two attached hydrogens (primary N) is 1. The molecule has 1 aliphatic rings. The van der Waals surface area contributed by atoms with Crippen molar-refractivity contribution in [1.29, 1.82) is 0 Å². The SMILES string of the molecule is Nc1ncc(Cl)cc1C1(O)CCS(=O)(=O)c2ccccc21. The van der Waals surface area contributed by atoms with Crippen LogP contribution in [-0.2, 0) is 15.4 Å². The number of nitrogen functional groups attached to an aromatic ring is 1. The van der Waals surface area contributed by atoms with Crippen LogP contribution in [0.25, 0.3) is 0 Å². The summed E-state index contributed by atoms with van der Waals surface area (Å²) in [5, 5.41) is 11.4. The maximum Gasteiger partial charge on any atom is 0.178 e. The van der Waals surface area contributed by atoms with Crippen molar-refractivity contribution in [1.82, 2.24) is 4.98 Å². The van der Waals surface area contributed by atoms with E-state index in [0.717, 1.165) is 0 Å². The molecule has 3 rings (SSSR count). The number of hydrogen-bond acceptors (Lipinski definition) is 5. The van der Waals surface area contributed by atoms with E-state index in [1.165, 1.54) is 18.3 Å². The maximum absolute atomic E-state index is 12.2. The van der Waals surface area contributed by atoms with Gasteiger partial charge in [0.05, 0.1) is 15.7 Å². The summed E-state index contributed by atoms with van der Waals surface area (Å²) in [7, 11) is -3.40. The normalized spacial score (nSPS) is 23.5. The van der Waals surface area contributed by atoms with Crippen LogP contribution in [0.5, 0.6) is 0 Å². The Morgan fingerprint density at radius 3 is 2.76 bits per heavy atom. The Balaban J connectivity index is 2.30. The fraction of sp³-hybridized carbons (Fsp3) is 0.214. The lowest BCUT2D eigenvalue weighted by molar-refractivity contribution is 0.0722. The van der Waals surface area contributed by atoms with Crippen LogP contribution in [-0.4, -0.2) is 24.3 Å². The first-order chi connectivity index (χ1) is 9.84. The van der Waals surface area contributed by atoms with Crippen molar-refractivity contribution >= 4 is 27.3 Å². The molecule has 0 amide bonds. The predicted octanol–water partition coefficient (Wildman–Crippen LogP) is 1.73. The molecule has 0 saturated heterocycles. The lowest BCUT2D eigenvalue weighted by Crippen LogP contribution is -2.37. The second kappa shape index (κ2) is 4.69. The molecule has 110 valence electrons. The molecule has 0 spiro atoms. The van der Waals surface area contributed by atoms with E-state index in [0.29, 0.717) is 16.1 Å². The molecule has 21 heavy (non-hydrogen) atoms. The largest absolute Gasteiger partial charge is 0.383 e. The molecule has 2 aromatic rings. The van der Waals surface area contributed by atoms with Crippen LogP contribution >= 0.6 is 11.6 Å². The summed E-state index contributed by atoms with van der Waals surface area (Å²) < 4.78 is 24.3. The van der Waals surface area contributed by atoms with Crippen LogP contribution in [0.15, 0.2) is 41.4 Å². The molecular weight excluding hydrogens is 312 g/mol. The van der Waals surface area contributed by atoms with Crippen molar-refractivity contribution in [3.05, 3.63) is 52.7 Å². The van der Waals surface area contributed by atoms with Gasteiger partial charge in [-0.15, -0.1) is 0 Å². The zero-order valence-corrected chi connectivity index (χ0v) is 12.5. The van der Waals surface area contributed by atoms with Crippen molar-refractivity contribution in [2.45, 2.75) is 16.9 Å². The van der Waals surface area contributed by atoms with E-state index in [9.17, 15) is 13.5 Å². The molecule has 0 bridgehead atoms. The van der Waals surface area contributed by atoms with Crippen molar-refractivity contribution in [3.63, 3.8) is 0 Å². The smallest absolute Gasteiger partial charge is 0.178 e. The van der Waals surface area contributed by atoms with Gasteiger partial charge in [0.15, 0.2) is 9.84 Å². The molecule has 2 heterocycles. The fourth-order valence-electron chi connectivity index (χ4n) is 2.67. The Hall–Kier alpha value is -1.63. The molecule has 7 heteroatoms. The summed E-state index contributed by atoms with van der Waals surface area (Å²) in [6.07, 6.45) is 1.40. The number of hydrogen-bond donors (Lipinski definition) is 2. The van der Waals surface area contributed by atoms with Crippen LogP contribution in [0.4, 0.5) is 5.82 Å². The predicted molar refractivity (Wildman–Crippen MR) is 79.8 cm³/mol. The Kier molecular flexibility index (Phi) is 3.20. The van der Waals surface area contributed by atoms with Gasteiger partial charge in [-0.1, -0.05) is 29.8 Å². The van der Waals surface area contributed by atoms with Crippen molar-refractivity contribution in [2.75, 3.05) is 11.5 Å². The van der Waals surface area contributed by atoms with E-state index < -0.39 is 15.4 Å². The number of fused-ring (bicyclic) bond motifs is 1. The van der Waals surface area contributed by atoms with Gasteiger partial charge in [0.2, 0.25) is 0 Å². The highest BCUT2D eigenvalue weighted by Gasteiger charge is 2.43. The number of aromatic nitrogens is 1. The summed E-state index contributed by atoms with van der Waals surface area (Å²) in [6, 6.07) is 7.91. The molecule has 5 nitrogen and oxygen atoms in total. The summed E-state index contributed by atoms with van der Waals surface area (Å²) in [4.78, 5) is 4.07. The average molecular weight is 325 g/mol. The Bertz CT molecular complexity index is 823. The topological polar surface area (TPSA) is 93.3 Å². The van der Waals surface area contributed by atoms with Crippen molar-refractivity contribution < 1.29 is 13.5 Å². The number of anilines is 1. The molecule has 1 unspecified atom stereocenters. The van der Waals surface area contributed by atoms with Crippen LogP contribution < -0.4 is 5.73 Å². The second-order valence-electron chi connectivity index (χ2n) is 5.01. The van der Waals surface area contributed by atoms with Gasteiger partial charge in [-0.05, 0) is 18.6 Å². The number of nitrogens with zero attached hydrogens (tertiary/aromatic N) is 1. The first kappa shape index (κ1) is 14.3. The minimum atomic E-state index is -3.40. The van der Waals surface area contributed by atoms with Gasteiger partial charge in [-0.25, -0.2) is 13.4 Å². The quantitative estimate of drug-likeness (QED) is 0.833. The van der Waals surface area contributed by atoms with Gasteiger partial charge in [0, 0.05) is 17.3 Å². The zero-order chi connectivity index (χ0) is 15.3. The van der Waals surface area contributed by atoms with Crippen LogP contribution in [0, 0.1) is 0 Å². The highest BCUT2D eigenvalue weighted by atomic mass is 35.5. The number of rotatable bonds is 1. The van der Waals surface area contributed by atoms with Crippen LogP contribution in [0.2, 0.25) is 5.02 Å². The second-order valence-corrected chi connectivity index (χ2v) is 7.53. The zero-order valence-electron chi connectivity index (χ0n) is 11.0. The van der Waals surface area contributed by atoms with E-state index in [1.54, 1.807) is 18.2 Å². The van der Waals surface area contributed by atoms with Gasteiger partial charge in [-0.3, -0.25) is 0 Å². The Morgan fingerprint density at radius 2 is 2.00 bits per heavy atom. The number of sulfone groups is 1. The highest BCUT2D eigenvalue weighted by molar-refractivity contribution is 7.91. The molecule has 0 fully saturated rings. The van der Waals surface area contributed by atoms with Crippen LogP contribution in [0.3, 0.4) is 0 Å². The molecule has 1 aromatic carbocycles. The third kappa shape index (κ3) is 2.19. The van der Waals surface area contributed by atoms with E-state index in [1.807, 2.05) is 0 Å². The van der Waals surface area contributed by atoms with Crippen molar-refractivity contribution in [3.8, 4) is 0 Å². The van der Waals surface area contributed by atoms with Gasteiger partial charge in [-0.2, -0.15) is 0 Å². The minimum absolute atomic E-state index is 0.0125. The Morgan fingerprint density at radius 1 is 1.29 bits per heavy atom. The van der Waals surface area contributed by atoms with Gasteiger partial charge in [0.25, 0.3) is 0 Å². The molecule has 0 radical (unpaired) electrons. The lowest BCUT2D eigenvalue weighted by Gasteiger charge is -2.35. The number of aliphatic hydroxyl groups is 1. The molecular formula is C14H13ClN2O3S. The molecule has 0 aliphatic carbocycles. The molecule has 1 atom stereocenters. The van der Waals surface area contributed by atoms with E-state index in [2.05, 4.69) is 4.98 Å². The molecule has 1 aliphatic heterocycles. The summed E-state index contributed by atoms with van der Waals surface area (Å²) in [5.74, 6) is -0.0251. The van der Waals surface area contributed by atoms with Gasteiger partial charge in [0.1, 0.15) is 11.4 Å². The average Bonchev–Trinajstić information content (AvgIpc) is 2.46. The minimum Gasteiger partial charge on any atom is -0.383 e. The lowest BCUT2D eigenvalue weighted by atomic mass is 9.84. The highest BCUT2D eigenvalue weighted by Crippen LogP contribution is 2.43. The number of benzene rings is 1. The van der Waals surface area contributed by atoms with Crippen LogP contribution in [0.1, 0.15) is 17.5 Å². The molecule has 3 N–H and O–H groups in total. The maximum atomic E-state index is 12.2.